The third-order valence-electron chi connectivity index (χ3n) is 3.11. The Bertz CT molecular complexity index is 374. The van der Waals surface area contributed by atoms with Crippen molar-refractivity contribution in [1.29, 1.82) is 0 Å². The zero-order valence-corrected chi connectivity index (χ0v) is 7.94. The van der Waals surface area contributed by atoms with Gasteiger partial charge in [0.2, 0.25) is 5.76 Å². The number of rotatable bonds is 0. The van der Waals surface area contributed by atoms with Crippen molar-refractivity contribution < 1.29 is 4.52 Å². The van der Waals surface area contributed by atoms with Gasteiger partial charge in [-0.15, -0.1) is 0 Å². The molecule has 1 aromatic heterocycles. The Balaban J connectivity index is 1.73. The Morgan fingerprint density at radius 1 is 1.57 bits per heavy atom. The molecule has 2 aliphatic heterocycles. The van der Waals surface area contributed by atoms with E-state index in [9.17, 15) is 0 Å². The molecule has 0 radical (unpaired) electrons. The summed E-state index contributed by atoms with van der Waals surface area (Å²) >= 11 is 0. The van der Waals surface area contributed by atoms with Crippen LogP contribution in [0.4, 0.5) is 0 Å². The van der Waals surface area contributed by atoms with E-state index < -0.39 is 0 Å². The van der Waals surface area contributed by atoms with E-state index in [1.807, 2.05) is 0 Å². The second-order valence-electron chi connectivity index (χ2n) is 4.05. The minimum atomic E-state index is 0.457. The van der Waals surface area contributed by atoms with E-state index in [4.69, 9.17) is 4.52 Å². The third-order valence-corrected chi connectivity index (χ3v) is 3.11. The minimum Gasteiger partial charge on any atom is -0.348 e. The van der Waals surface area contributed by atoms with Crippen molar-refractivity contribution in [2.24, 2.45) is 5.92 Å². The van der Waals surface area contributed by atoms with Gasteiger partial charge in [-0.2, -0.15) is 0 Å². The number of aromatic nitrogens is 1. The topological polar surface area (TPSA) is 29.3 Å². The monoisotopic (exact) mass is 188 g/mol. The van der Waals surface area contributed by atoms with Crippen LogP contribution in [0.1, 0.15) is 18.6 Å². The highest BCUT2D eigenvalue weighted by molar-refractivity contribution is 5.26. The highest BCUT2D eigenvalue weighted by Gasteiger charge is 2.36. The lowest BCUT2D eigenvalue weighted by Crippen LogP contribution is -2.27. The van der Waals surface area contributed by atoms with Crippen LogP contribution in [-0.4, -0.2) is 29.2 Å². The van der Waals surface area contributed by atoms with E-state index in [1.54, 1.807) is 12.3 Å². The molecule has 1 aromatic rings. The summed E-state index contributed by atoms with van der Waals surface area (Å²) < 4.78 is 4.93. The molecule has 2 fully saturated rings. The van der Waals surface area contributed by atoms with Crippen LogP contribution in [0.25, 0.3) is 0 Å². The van der Waals surface area contributed by atoms with Gasteiger partial charge in [-0.05, 0) is 31.2 Å². The largest absolute Gasteiger partial charge is 0.348 e. The molecule has 3 heterocycles. The van der Waals surface area contributed by atoms with Gasteiger partial charge in [-0.1, -0.05) is 11.1 Å². The fourth-order valence-electron chi connectivity index (χ4n) is 2.39. The SMILES string of the molecule is C(#CC1CC2CCN1C2)c1ccno1. The van der Waals surface area contributed by atoms with E-state index in [-0.39, 0.29) is 0 Å². The first-order valence-electron chi connectivity index (χ1n) is 5.08. The maximum absolute atomic E-state index is 4.93. The molecular weight excluding hydrogens is 176 g/mol. The Labute approximate surface area is 83.1 Å². The summed E-state index contributed by atoms with van der Waals surface area (Å²) in [6.07, 6.45) is 4.23. The van der Waals surface area contributed by atoms with Crippen LogP contribution in [0.5, 0.6) is 0 Å². The molecule has 3 heteroatoms. The summed E-state index contributed by atoms with van der Waals surface area (Å²) in [4.78, 5) is 2.47. The van der Waals surface area contributed by atoms with E-state index in [2.05, 4.69) is 21.9 Å². The molecule has 3 rings (SSSR count). The molecule has 2 saturated heterocycles. The Morgan fingerprint density at radius 3 is 3.21 bits per heavy atom. The number of piperidine rings is 1. The summed E-state index contributed by atoms with van der Waals surface area (Å²) in [6, 6.07) is 2.26. The number of fused-ring (bicyclic) bond motifs is 2. The smallest absolute Gasteiger partial charge is 0.209 e. The van der Waals surface area contributed by atoms with Crippen LogP contribution in [0.3, 0.4) is 0 Å². The van der Waals surface area contributed by atoms with Crippen molar-refractivity contribution in [3.05, 3.63) is 18.0 Å². The molecule has 0 aliphatic carbocycles. The number of nitrogens with zero attached hydrogens (tertiary/aromatic N) is 2. The molecule has 0 aromatic carbocycles. The lowest BCUT2D eigenvalue weighted by Gasteiger charge is -2.18. The second-order valence-corrected chi connectivity index (χ2v) is 4.05. The number of hydrogen-bond acceptors (Lipinski definition) is 3. The fraction of sp³-hybridized carbons (Fsp3) is 0.545. The maximum Gasteiger partial charge on any atom is 0.209 e. The van der Waals surface area contributed by atoms with Gasteiger partial charge in [-0.3, -0.25) is 4.90 Å². The van der Waals surface area contributed by atoms with Gasteiger partial charge in [0.15, 0.2) is 0 Å². The molecule has 2 aliphatic rings. The predicted octanol–water partition coefficient (Wildman–Crippen LogP) is 1.12. The van der Waals surface area contributed by atoms with Crippen molar-refractivity contribution in [2.45, 2.75) is 18.9 Å². The van der Waals surface area contributed by atoms with Crippen molar-refractivity contribution in [1.82, 2.24) is 10.1 Å². The van der Waals surface area contributed by atoms with Crippen LogP contribution in [0.2, 0.25) is 0 Å². The van der Waals surface area contributed by atoms with Crippen LogP contribution in [0, 0.1) is 17.8 Å². The Hall–Kier alpha value is -1.27. The maximum atomic E-state index is 4.93. The summed E-state index contributed by atoms with van der Waals surface area (Å²) in [5.74, 6) is 7.86. The average Bonchev–Trinajstić information content (AvgIpc) is 2.91. The molecule has 3 atom stereocenters. The Kier molecular flexibility index (Phi) is 1.81. The van der Waals surface area contributed by atoms with Crippen molar-refractivity contribution >= 4 is 0 Å². The van der Waals surface area contributed by atoms with Crippen molar-refractivity contribution in [2.75, 3.05) is 13.1 Å². The van der Waals surface area contributed by atoms with Crippen molar-refractivity contribution in [3.63, 3.8) is 0 Å². The Morgan fingerprint density at radius 2 is 2.57 bits per heavy atom. The molecule has 0 saturated carbocycles. The molecule has 72 valence electrons. The standard InChI is InChI=1S/C11H12N2O/c1(2-11-3-5-12-14-11)10-7-9-4-6-13(10)8-9/h3,5,9-10H,4,6-8H2. The van der Waals surface area contributed by atoms with Crippen LogP contribution >= 0.6 is 0 Å². The third kappa shape index (κ3) is 1.32. The lowest BCUT2D eigenvalue weighted by molar-refractivity contribution is 0.313. The van der Waals surface area contributed by atoms with E-state index >= 15 is 0 Å². The van der Waals surface area contributed by atoms with Crippen LogP contribution in [0.15, 0.2) is 16.8 Å². The van der Waals surface area contributed by atoms with Gasteiger partial charge >= 0.3 is 0 Å². The normalized spacial score (nSPS) is 34.1. The fourth-order valence-corrected chi connectivity index (χ4v) is 2.39. The highest BCUT2D eigenvalue weighted by atomic mass is 16.5. The van der Waals surface area contributed by atoms with E-state index in [1.165, 1.54) is 25.9 Å². The highest BCUT2D eigenvalue weighted by Crippen LogP contribution is 2.32. The first-order chi connectivity index (χ1) is 6.92. The van der Waals surface area contributed by atoms with Gasteiger partial charge in [0.25, 0.3) is 0 Å². The summed E-state index contributed by atoms with van der Waals surface area (Å²) in [5.41, 5.74) is 0. The van der Waals surface area contributed by atoms with Gasteiger partial charge in [0.1, 0.15) is 0 Å². The van der Waals surface area contributed by atoms with Crippen LogP contribution < -0.4 is 0 Å². The first kappa shape index (κ1) is 8.07. The summed E-state index contributed by atoms with van der Waals surface area (Å²) in [7, 11) is 0. The van der Waals surface area contributed by atoms with Gasteiger partial charge in [0, 0.05) is 12.6 Å². The zero-order valence-electron chi connectivity index (χ0n) is 7.94. The summed E-state index contributed by atoms with van der Waals surface area (Å²) in [5, 5.41) is 3.62. The van der Waals surface area contributed by atoms with E-state index in [0.29, 0.717) is 11.8 Å². The van der Waals surface area contributed by atoms with Gasteiger partial charge in [0.05, 0.1) is 12.2 Å². The molecule has 0 amide bonds. The van der Waals surface area contributed by atoms with Gasteiger partial charge in [-0.25, -0.2) is 0 Å². The molecule has 2 bridgehead atoms. The average molecular weight is 188 g/mol. The number of hydrogen-bond donors (Lipinski definition) is 0. The first-order valence-corrected chi connectivity index (χ1v) is 5.08. The molecule has 14 heavy (non-hydrogen) atoms. The molecular formula is C11H12N2O. The predicted molar refractivity (Wildman–Crippen MR) is 51.5 cm³/mol. The molecule has 0 spiro atoms. The lowest BCUT2D eigenvalue weighted by atomic mass is 10.0. The summed E-state index contributed by atoms with van der Waals surface area (Å²) in [6.45, 7) is 2.47. The minimum absolute atomic E-state index is 0.457. The molecule has 3 nitrogen and oxygen atoms in total. The second kappa shape index (κ2) is 3.14. The zero-order chi connectivity index (χ0) is 9.38. The van der Waals surface area contributed by atoms with Crippen molar-refractivity contribution in [3.8, 4) is 11.8 Å². The molecule has 0 N–H and O–H groups in total. The van der Waals surface area contributed by atoms with E-state index in [0.717, 1.165) is 5.92 Å². The molecule has 3 unspecified atom stereocenters. The van der Waals surface area contributed by atoms with Gasteiger partial charge < -0.3 is 4.52 Å². The van der Waals surface area contributed by atoms with Crippen LogP contribution in [-0.2, 0) is 0 Å². The quantitative estimate of drug-likeness (QED) is 0.571.